The van der Waals surface area contributed by atoms with E-state index in [1.807, 2.05) is 44.3 Å². The lowest BCUT2D eigenvalue weighted by molar-refractivity contribution is -0.142. The van der Waals surface area contributed by atoms with Crippen molar-refractivity contribution < 1.29 is 23.9 Å². The van der Waals surface area contributed by atoms with E-state index in [1.54, 1.807) is 43.3 Å². The first-order valence-electron chi connectivity index (χ1n) is 16.0. The number of aryl methyl sites for hydroxylation is 1. The lowest BCUT2D eigenvalue weighted by Gasteiger charge is -2.36. The maximum atomic E-state index is 14.4. The summed E-state index contributed by atoms with van der Waals surface area (Å²) >= 11 is 0. The van der Waals surface area contributed by atoms with Crippen molar-refractivity contribution in [1.29, 1.82) is 0 Å². The van der Waals surface area contributed by atoms with Crippen molar-refractivity contribution in [1.82, 2.24) is 30.2 Å². The molecule has 1 aliphatic heterocycles. The molecule has 3 unspecified atom stereocenters. The van der Waals surface area contributed by atoms with E-state index in [1.165, 1.54) is 11.9 Å². The largest absolute Gasteiger partial charge is 0.444 e. The summed E-state index contributed by atoms with van der Waals surface area (Å²) in [7, 11) is 3.33. The number of likely N-dealkylation sites (tertiary alicyclic amines) is 1. The number of ether oxygens (including phenoxy) is 1. The first kappa shape index (κ1) is 34.0. The summed E-state index contributed by atoms with van der Waals surface area (Å²) in [6.07, 6.45) is 4.39. The molecule has 12 heteroatoms. The Morgan fingerprint density at radius 3 is 2.36 bits per heavy atom. The van der Waals surface area contributed by atoms with E-state index in [-0.39, 0.29) is 23.8 Å². The van der Waals surface area contributed by atoms with Crippen LogP contribution in [0.1, 0.15) is 71.9 Å². The molecule has 2 aromatic rings. The normalized spacial score (nSPS) is 20.3. The van der Waals surface area contributed by atoms with Crippen LogP contribution in [-0.2, 0) is 19.1 Å². The number of likely N-dealkylation sites (N-methyl/N-ethyl adjacent to an activating group) is 2. The van der Waals surface area contributed by atoms with Gasteiger partial charge in [0.2, 0.25) is 17.7 Å². The molecule has 246 valence electrons. The van der Waals surface area contributed by atoms with Crippen LogP contribution in [0.4, 0.5) is 10.6 Å². The molecule has 0 spiro atoms. The fourth-order valence-electron chi connectivity index (χ4n) is 6.07. The number of carbonyl (C=O) groups excluding carboxylic acids is 4. The summed E-state index contributed by atoms with van der Waals surface area (Å²) in [4.78, 5) is 57.3. The smallest absolute Gasteiger partial charge is 0.410 e. The number of amides is 4. The maximum Gasteiger partial charge on any atom is 0.410 e. The minimum absolute atomic E-state index is 0.0752. The lowest BCUT2D eigenvalue weighted by Crippen LogP contribution is -2.58. The monoisotopic (exact) mass is 623 g/mol. The molecule has 4 rings (SSSR count). The molecule has 12 nitrogen and oxygen atoms in total. The van der Waals surface area contributed by atoms with Gasteiger partial charge in [-0.2, -0.15) is 5.10 Å². The number of anilines is 1. The minimum atomic E-state index is -0.872. The standard InChI is InChI=1S/C33H49N7O5/c1-21-18-27(40(37-21)25-16-12-9-13-17-25)35-30(42)26-19-24(34-6)20-39(26)31(43)28(23-14-10-8-11-15-23)36-29(41)22(2)38(7)32(44)45-33(3,4)5/h9,12-13,16-18,22-24,26,28,34H,8,10-11,14-15,19-20H2,1-7H3,(H,35,42)(H,36,41)/t22-,24?,26?,28?/m0/s1. The second-order valence-electron chi connectivity index (χ2n) is 13.3. The van der Waals surface area contributed by atoms with Crippen molar-refractivity contribution in [2.45, 2.75) is 103 Å². The second-order valence-corrected chi connectivity index (χ2v) is 13.3. The van der Waals surface area contributed by atoms with Crippen molar-refractivity contribution in [3.63, 3.8) is 0 Å². The van der Waals surface area contributed by atoms with Crippen LogP contribution < -0.4 is 16.0 Å². The Kier molecular flexibility index (Phi) is 10.9. The van der Waals surface area contributed by atoms with Crippen molar-refractivity contribution in [2.75, 3.05) is 26.0 Å². The highest BCUT2D eigenvalue weighted by molar-refractivity contribution is 5.99. The second kappa shape index (κ2) is 14.4. The summed E-state index contributed by atoms with van der Waals surface area (Å²) < 4.78 is 7.12. The molecule has 1 aromatic heterocycles. The average molecular weight is 624 g/mol. The first-order chi connectivity index (χ1) is 21.3. The van der Waals surface area contributed by atoms with E-state index in [0.29, 0.717) is 18.8 Å². The fraction of sp³-hybridized carbons (Fsp3) is 0.606. The van der Waals surface area contributed by atoms with Crippen molar-refractivity contribution in [3.05, 3.63) is 42.1 Å². The molecule has 3 N–H and O–H groups in total. The number of benzene rings is 1. The fourth-order valence-corrected chi connectivity index (χ4v) is 6.07. The molecule has 4 amide bonds. The molecular formula is C33H49N7O5. The number of nitrogens with zero attached hydrogens (tertiary/aromatic N) is 4. The highest BCUT2D eigenvalue weighted by Gasteiger charge is 2.44. The van der Waals surface area contributed by atoms with E-state index < -0.39 is 35.7 Å². The van der Waals surface area contributed by atoms with Gasteiger partial charge in [-0.3, -0.25) is 19.3 Å². The van der Waals surface area contributed by atoms with Crippen LogP contribution in [0.5, 0.6) is 0 Å². The first-order valence-corrected chi connectivity index (χ1v) is 16.0. The molecule has 1 saturated heterocycles. The Balaban J connectivity index is 1.55. The van der Waals surface area contributed by atoms with Gasteiger partial charge < -0.3 is 25.6 Å². The zero-order valence-electron chi connectivity index (χ0n) is 27.6. The van der Waals surface area contributed by atoms with E-state index in [0.717, 1.165) is 43.5 Å². The minimum Gasteiger partial charge on any atom is -0.444 e. The maximum absolute atomic E-state index is 14.4. The predicted molar refractivity (Wildman–Crippen MR) is 172 cm³/mol. The number of rotatable bonds is 9. The Morgan fingerprint density at radius 2 is 1.73 bits per heavy atom. The Morgan fingerprint density at radius 1 is 1.07 bits per heavy atom. The van der Waals surface area contributed by atoms with Crippen LogP contribution in [0.2, 0.25) is 0 Å². The molecule has 45 heavy (non-hydrogen) atoms. The number of aromatic nitrogens is 2. The summed E-state index contributed by atoms with van der Waals surface area (Å²) in [6.45, 7) is 9.09. The zero-order chi connectivity index (χ0) is 32.9. The van der Waals surface area contributed by atoms with E-state index in [2.05, 4.69) is 21.0 Å². The van der Waals surface area contributed by atoms with Crippen molar-refractivity contribution in [3.8, 4) is 5.69 Å². The van der Waals surface area contributed by atoms with E-state index >= 15 is 0 Å². The third-order valence-corrected chi connectivity index (χ3v) is 8.71. The third-order valence-electron chi connectivity index (χ3n) is 8.71. The molecule has 0 radical (unpaired) electrons. The predicted octanol–water partition coefficient (Wildman–Crippen LogP) is 3.63. The van der Waals surface area contributed by atoms with Crippen molar-refractivity contribution in [2.24, 2.45) is 5.92 Å². The van der Waals surface area contributed by atoms with Crippen LogP contribution in [-0.4, -0.2) is 93.8 Å². The highest BCUT2D eigenvalue weighted by atomic mass is 16.6. The SMILES string of the molecule is CNC1CC(C(=O)Nc2cc(C)nn2-c2ccccc2)N(C(=O)C(NC(=O)[C@H](C)N(C)C(=O)OC(C)(C)C)C2CCCCC2)C1. The van der Waals surface area contributed by atoms with Gasteiger partial charge in [-0.05, 0) is 79.0 Å². The van der Waals surface area contributed by atoms with Gasteiger partial charge in [-0.1, -0.05) is 37.5 Å². The Labute approximate surface area is 266 Å². The summed E-state index contributed by atoms with van der Waals surface area (Å²) in [5.41, 5.74) is 0.834. The molecule has 2 heterocycles. The number of hydrogen-bond acceptors (Lipinski definition) is 7. The van der Waals surface area contributed by atoms with Gasteiger partial charge in [-0.25, -0.2) is 9.48 Å². The molecule has 4 atom stereocenters. The van der Waals surface area contributed by atoms with Crippen LogP contribution in [0.15, 0.2) is 36.4 Å². The van der Waals surface area contributed by atoms with E-state index in [9.17, 15) is 19.2 Å². The molecule has 2 fully saturated rings. The average Bonchev–Trinajstić information content (AvgIpc) is 3.62. The van der Waals surface area contributed by atoms with Gasteiger partial charge in [0.05, 0.1) is 11.4 Å². The topological polar surface area (TPSA) is 138 Å². The number of carbonyl (C=O) groups is 4. The zero-order valence-corrected chi connectivity index (χ0v) is 27.6. The van der Waals surface area contributed by atoms with Gasteiger partial charge in [0.1, 0.15) is 29.5 Å². The van der Waals surface area contributed by atoms with Crippen LogP contribution in [0, 0.1) is 12.8 Å². The molecule has 0 bridgehead atoms. The lowest BCUT2D eigenvalue weighted by atomic mass is 9.83. The number of nitrogens with one attached hydrogen (secondary N) is 3. The van der Waals surface area contributed by atoms with Gasteiger partial charge in [0, 0.05) is 25.7 Å². The number of para-hydroxylation sites is 1. The quantitative estimate of drug-likeness (QED) is 0.388. The molecule has 2 aliphatic rings. The summed E-state index contributed by atoms with van der Waals surface area (Å²) in [5, 5.41) is 13.8. The van der Waals surface area contributed by atoms with Crippen molar-refractivity contribution >= 4 is 29.6 Å². The Bertz CT molecular complexity index is 1350. The highest BCUT2D eigenvalue weighted by Crippen LogP contribution is 2.30. The molecule has 1 saturated carbocycles. The Hall–Kier alpha value is -3.93. The van der Waals surface area contributed by atoms with Gasteiger partial charge >= 0.3 is 6.09 Å². The molecule has 1 aliphatic carbocycles. The van der Waals surface area contributed by atoms with Crippen LogP contribution in [0.3, 0.4) is 0 Å². The van der Waals surface area contributed by atoms with Gasteiger partial charge in [0.15, 0.2) is 0 Å². The van der Waals surface area contributed by atoms with E-state index in [4.69, 9.17) is 4.74 Å². The summed E-state index contributed by atoms with van der Waals surface area (Å²) in [5.74, 6) is -0.605. The van der Waals surface area contributed by atoms with Crippen LogP contribution >= 0.6 is 0 Å². The van der Waals surface area contributed by atoms with Gasteiger partial charge in [-0.15, -0.1) is 0 Å². The van der Waals surface area contributed by atoms with Crippen LogP contribution in [0.25, 0.3) is 5.69 Å². The van der Waals surface area contributed by atoms with Gasteiger partial charge in [0.25, 0.3) is 0 Å². The summed E-state index contributed by atoms with van der Waals surface area (Å²) in [6, 6.07) is 8.79. The third kappa shape index (κ3) is 8.42. The molecule has 1 aromatic carbocycles. The number of hydrogen-bond donors (Lipinski definition) is 3. The molecular weight excluding hydrogens is 574 g/mol.